The lowest BCUT2D eigenvalue weighted by Gasteiger charge is -2.27. The van der Waals surface area contributed by atoms with Crippen molar-refractivity contribution in [3.63, 3.8) is 0 Å². The van der Waals surface area contributed by atoms with Gasteiger partial charge in [0, 0.05) is 52.0 Å². The second-order valence-corrected chi connectivity index (χ2v) is 9.43. The topological polar surface area (TPSA) is 169 Å². The molecule has 2 atom stereocenters. The quantitative estimate of drug-likeness (QED) is 0.163. The van der Waals surface area contributed by atoms with Gasteiger partial charge < -0.3 is 42.4 Å². The van der Waals surface area contributed by atoms with Crippen LogP contribution in [0.4, 0.5) is 5.69 Å². The predicted molar refractivity (Wildman–Crippen MR) is 158 cm³/mol. The van der Waals surface area contributed by atoms with Gasteiger partial charge in [0.1, 0.15) is 11.8 Å². The lowest BCUT2D eigenvalue weighted by atomic mass is 10.0. The van der Waals surface area contributed by atoms with Crippen LogP contribution in [0.3, 0.4) is 0 Å². The number of anilines is 1. The first-order valence-corrected chi connectivity index (χ1v) is 13.8. The summed E-state index contributed by atoms with van der Waals surface area (Å²) < 4.78 is 5.49. The van der Waals surface area contributed by atoms with Gasteiger partial charge >= 0.3 is 0 Å². The minimum absolute atomic E-state index is 0.197. The van der Waals surface area contributed by atoms with Gasteiger partial charge in [-0.1, -0.05) is 30.3 Å². The highest BCUT2D eigenvalue weighted by molar-refractivity contribution is 5.99. The van der Waals surface area contributed by atoms with Crippen molar-refractivity contribution in [3.05, 3.63) is 60.2 Å². The number of benzene rings is 2. The number of nitrogens with one attached hydrogen (secondary N) is 2. The van der Waals surface area contributed by atoms with Gasteiger partial charge in [-0.3, -0.25) is 14.4 Å². The minimum atomic E-state index is -1.12. The molecule has 0 aliphatic rings. The number of amides is 3. The van der Waals surface area contributed by atoms with E-state index >= 15 is 0 Å². The van der Waals surface area contributed by atoms with E-state index in [0.717, 1.165) is 5.56 Å². The monoisotopic (exact) mass is 555 g/mol. The van der Waals surface area contributed by atoms with E-state index in [0.29, 0.717) is 63.6 Å². The Hall–Kier alpha value is -3.51. The number of hydrogen-bond donors (Lipinski definition) is 5. The van der Waals surface area contributed by atoms with Crippen LogP contribution in [0.5, 0.6) is 5.75 Å². The maximum Gasteiger partial charge on any atom is 0.249 e. The van der Waals surface area contributed by atoms with E-state index in [-0.39, 0.29) is 24.8 Å². The number of carbonyl (C=O) groups is 3. The summed E-state index contributed by atoms with van der Waals surface area (Å²) in [6.07, 6.45) is 0.739. The summed E-state index contributed by atoms with van der Waals surface area (Å²) in [5, 5.41) is 5.94. The van der Waals surface area contributed by atoms with Gasteiger partial charge in [0.15, 0.2) is 0 Å². The lowest BCUT2D eigenvalue weighted by Crippen LogP contribution is -2.53. The Labute approximate surface area is 237 Å². The fourth-order valence-electron chi connectivity index (χ4n) is 4.15. The zero-order valence-electron chi connectivity index (χ0n) is 23.7. The smallest absolute Gasteiger partial charge is 0.249 e. The second-order valence-electron chi connectivity index (χ2n) is 9.43. The van der Waals surface area contributed by atoms with Gasteiger partial charge in [-0.25, -0.2) is 0 Å². The van der Waals surface area contributed by atoms with Gasteiger partial charge in [-0.05, 0) is 49.6 Å². The van der Waals surface area contributed by atoms with E-state index in [2.05, 4.69) is 10.6 Å². The molecular weight excluding hydrogens is 510 g/mol. The van der Waals surface area contributed by atoms with Crippen molar-refractivity contribution in [1.29, 1.82) is 0 Å². The average Bonchev–Trinajstić information content (AvgIpc) is 2.97. The third-order valence-electron chi connectivity index (χ3n) is 6.41. The number of rotatable bonds is 18. The van der Waals surface area contributed by atoms with Crippen LogP contribution in [0.25, 0.3) is 0 Å². The first-order valence-electron chi connectivity index (χ1n) is 13.8. The van der Waals surface area contributed by atoms with Crippen molar-refractivity contribution >= 4 is 23.4 Å². The Morgan fingerprint density at radius 1 is 0.950 bits per heavy atom. The van der Waals surface area contributed by atoms with Crippen molar-refractivity contribution in [1.82, 2.24) is 15.5 Å². The molecule has 0 aromatic heterocycles. The molecule has 2 aromatic carbocycles. The largest absolute Gasteiger partial charge is 0.494 e. The van der Waals surface area contributed by atoms with Crippen LogP contribution >= 0.6 is 0 Å². The molecule has 0 saturated heterocycles. The zero-order valence-corrected chi connectivity index (χ0v) is 23.7. The number of nitrogens with two attached hydrogens (primary N) is 3. The number of nitrogens with zero attached hydrogens (tertiary/aromatic N) is 2. The highest BCUT2D eigenvalue weighted by Gasteiger charge is 2.28. The third-order valence-corrected chi connectivity index (χ3v) is 6.41. The van der Waals surface area contributed by atoms with Crippen molar-refractivity contribution < 1.29 is 19.1 Å². The summed E-state index contributed by atoms with van der Waals surface area (Å²) >= 11 is 0. The van der Waals surface area contributed by atoms with Crippen LogP contribution in [0.1, 0.15) is 25.3 Å². The maximum absolute atomic E-state index is 13.6. The third kappa shape index (κ3) is 10.9. The maximum atomic E-state index is 13.6. The van der Waals surface area contributed by atoms with Gasteiger partial charge in [-0.15, -0.1) is 0 Å². The molecule has 0 saturated carbocycles. The molecule has 0 radical (unpaired) electrons. The van der Waals surface area contributed by atoms with Crippen LogP contribution < -0.4 is 37.5 Å². The number of aryl methyl sites for hydroxylation is 1. The molecular formula is C29H45N7O4. The molecule has 0 heterocycles. The number of ether oxygens (including phenoxy) is 1. The van der Waals surface area contributed by atoms with Crippen LogP contribution in [-0.4, -0.2) is 87.6 Å². The van der Waals surface area contributed by atoms with Crippen LogP contribution in [-0.2, 0) is 20.8 Å². The molecule has 3 amide bonds. The van der Waals surface area contributed by atoms with E-state index in [1.54, 1.807) is 36.2 Å². The highest BCUT2D eigenvalue weighted by atomic mass is 16.5. The van der Waals surface area contributed by atoms with E-state index in [1.165, 1.54) is 4.90 Å². The van der Waals surface area contributed by atoms with E-state index in [9.17, 15) is 14.4 Å². The summed E-state index contributed by atoms with van der Waals surface area (Å²) in [7, 11) is 1.66. The molecule has 2 rings (SSSR count). The summed E-state index contributed by atoms with van der Waals surface area (Å²) in [6, 6.07) is 14.9. The summed E-state index contributed by atoms with van der Waals surface area (Å²) in [5.41, 5.74) is 19.0. The summed E-state index contributed by atoms with van der Waals surface area (Å²) in [4.78, 5) is 42.6. The standard InChI is InChI=1S/C29H45N7O4/c1-3-40-24-12-10-23(11-13-24)35(2)29(39)26(14-9-22-7-5-4-6-8-22)34-28(38)25(32)21-27(37)36(19-16-31)20-18-33-17-15-30/h4-8,10-13,25-26,33H,3,9,14-21,30-32H2,1-2H3,(H,34,38)/t25-,26-/m0/s1. The van der Waals surface area contributed by atoms with E-state index in [4.69, 9.17) is 21.9 Å². The molecule has 11 heteroatoms. The Bertz CT molecular complexity index is 1040. The van der Waals surface area contributed by atoms with Crippen molar-refractivity contribution in [2.45, 2.75) is 38.3 Å². The second kappa shape index (κ2) is 18.0. The SMILES string of the molecule is CCOc1ccc(N(C)C(=O)[C@H](CCc2ccccc2)NC(=O)[C@@H](N)CC(=O)N(CCN)CCNCCN)cc1. The Morgan fingerprint density at radius 3 is 2.27 bits per heavy atom. The molecule has 0 spiro atoms. The van der Waals surface area contributed by atoms with E-state index in [1.807, 2.05) is 37.3 Å². The summed E-state index contributed by atoms with van der Waals surface area (Å²) in [5.74, 6) is -0.423. The molecule has 0 bridgehead atoms. The van der Waals surface area contributed by atoms with Gasteiger partial charge in [-0.2, -0.15) is 0 Å². The molecule has 11 nitrogen and oxygen atoms in total. The lowest BCUT2D eigenvalue weighted by molar-refractivity contribution is -0.135. The fraction of sp³-hybridized carbons (Fsp3) is 0.483. The Morgan fingerprint density at radius 2 is 1.65 bits per heavy atom. The first kappa shape index (κ1) is 32.7. The van der Waals surface area contributed by atoms with Crippen molar-refractivity contribution in [2.24, 2.45) is 17.2 Å². The molecule has 0 aliphatic carbocycles. The van der Waals surface area contributed by atoms with Gasteiger partial charge in [0.05, 0.1) is 19.1 Å². The van der Waals surface area contributed by atoms with Crippen molar-refractivity contribution in [2.75, 3.05) is 57.8 Å². The first-order chi connectivity index (χ1) is 19.3. The highest BCUT2D eigenvalue weighted by Crippen LogP contribution is 2.20. The minimum Gasteiger partial charge on any atom is -0.494 e. The molecule has 0 aliphatic heterocycles. The van der Waals surface area contributed by atoms with Gasteiger partial charge in [0.25, 0.3) is 0 Å². The molecule has 8 N–H and O–H groups in total. The zero-order chi connectivity index (χ0) is 29.3. The van der Waals surface area contributed by atoms with E-state index < -0.39 is 18.0 Å². The number of hydrogen-bond acceptors (Lipinski definition) is 8. The molecule has 220 valence electrons. The summed E-state index contributed by atoms with van der Waals surface area (Å²) in [6.45, 7) is 5.19. The Balaban J connectivity index is 2.09. The average molecular weight is 556 g/mol. The predicted octanol–water partition coefficient (Wildman–Crippen LogP) is 0.219. The fourth-order valence-corrected chi connectivity index (χ4v) is 4.15. The van der Waals surface area contributed by atoms with Crippen LogP contribution in [0.15, 0.2) is 54.6 Å². The van der Waals surface area contributed by atoms with Crippen LogP contribution in [0.2, 0.25) is 0 Å². The number of likely N-dealkylation sites (N-methyl/N-ethyl adjacent to an activating group) is 1. The van der Waals surface area contributed by atoms with Crippen molar-refractivity contribution in [3.8, 4) is 5.75 Å². The molecule has 0 unspecified atom stereocenters. The molecule has 0 fully saturated rings. The molecule has 40 heavy (non-hydrogen) atoms. The molecule has 2 aromatic rings. The normalized spacial score (nSPS) is 12.3. The number of carbonyl (C=O) groups excluding carboxylic acids is 3. The van der Waals surface area contributed by atoms with Crippen LogP contribution in [0, 0.1) is 0 Å². The Kier molecular flexibility index (Phi) is 14.7. The van der Waals surface area contributed by atoms with Gasteiger partial charge in [0.2, 0.25) is 17.7 Å².